The van der Waals surface area contributed by atoms with Crippen LogP contribution in [0.4, 0.5) is 5.13 Å². The summed E-state index contributed by atoms with van der Waals surface area (Å²) >= 11 is 1.02. The van der Waals surface area contributed by atoms with Gasteiger partial charge in [-0.2, -0.15) is 0 Å². The van der Waals surface area contributed by atoms with E-state index in [9.17, 15) is 13.2 Å². The number of hydrogen-bond donors (Lipinski definition) is 2. The molecule has 6 nitrogen and oxygen atoms in total. The summed E-state index contributed by atoms with van der Waals surface area (Å²) in [5.74, 6) is -0.250. The number of sulfonamides is 1. The van der Waals surface area contributed by atoms with Gasteiger partial charge in [-0.3, -0.25) is 9.52 Å². The van der Waals surface area contributed by atoms with Crippen LogP contribution in [0.2, 0.25) is 0 Å². The van der Waals surface area contributed by atoms with E-state index in [-0.39, 0.29) is 15.9 Å². The average molecular weight is 353 g/mol. The van der Waals surface area contributed by atoms with Crippen LogP contribution < -0.4 is 10.0 Å². The minimum Gasteiger partial charge on any atom is -0.352 e. The third-order valence-electron chi connectivity index (χ3n) is 3.18. The van der Waals surface area contributed by atoms with E-state index in [0.29, 0.717) is 22.7 Å². The van der Waals surface area contributed by atoms with E-state index >= 15 is 0 Å². The van der Waals surface area contributed by atoms with E-state index in [1.165, 1.54) is 0 Å². The monoisotopic (exact) mass is 353 g/mol. The first-order valence-corrected chi connectivity index (χ1v) is 9.40. The lowest BCUT2D eigenvalue weighted by Gasteiger charge is -2.08. The Morgan fingerprint density at radius 3 is 2.57 bits per heavy atom. The van der Waals surface area contributed by atoms with Gasteiger partial charge < -0.3 is 5.32 Å². The fourth-order valence-corrected chi connectivity index (χ4v) is 4.51. The number of nitrogens with one attached hydrogen (secondary N) is 2. The molecule has 2 N–H and O–H groups in total. The molecule has 0 aliphatic rings. The maximum absolute atomic E-state index is 12.5. The van der Waals surface area contributed by atoms with Crippen molar-refractivity contribution in [1.82, 2.24) is 10.3 Å². The second-order valence-corrected chi connectivity index (χ2v) is 7.82. The first-order valence-electron chi connectivity index (χ1n) is 7.10. The second-order valence-electron chi connectivity index (χ2n) is 5.17. The summed E-state index contributed by atoms with van der Waals surface area (Å²) in [4.78, 5) is 16.6. The van der Waals surface area contributed by atoms with Crippen LogP contribution in [0.1, 0.15) is 33.4 Å². The third-order valence-corrected chi connectivity index (χ3v) is 5.88. The van der Waals surface area contributed by atoms with Crippen molar-refractivity contribution < 1.29 is 13.2 Å². The highest BCUT2D eigenvalue weighted by Crippen LogP contribution is 2.26. The number of rotatable bonds is 5. The van der Waals surface area contributed by atoms with E-state index in [2.05, 4.69) is 15.0 Å². The number of nitrogens with zero attached hydrogens (tertiary/aromatic N) is 1. The molecule has 1 aromatic carbocycles. The normalized spacial score (nSPS) is 11.3. The van der Waals surface area contributed by atoms with Crippen LogP contribution in [0.3, 0.4) is 0 Å². The van der Waals surface area contributed by atoms with Crippen molar-refractivity contribution in [3.8, 4) is 0 Å². The standard InChI is InChI=1S/C15H19N3O3S2/c1-5-16-14(19)13-11(4)17-15(22-13)18-23(20,21)12-7-6-9(2)8-10(12)3/h6-8H,5H2,1-4H3,(H,16,19)(H,17,18). The van der Waals surface area contributed by atoms with Crippen LogP contribution in [0.5, 0.6) is 0 Å². The van der Waals surface area contributed by atoms with Gasteiger partial charge in [0.25, 0.3) is 15.9 Å². The molecule has 2 aromatic rings. The molecule has 0 saturated carbocycles. The van der Waals surface area contributed by atoms with E-state index in [4.69, 9.17) is 0 Å². The molecule has 0 aliphatic carbocycles. The van der Waals surface area contributed by atoms with Crippen molar-refractivity contribution in [2.75, 3.05) is 11.3 Å². The van der Waals surface area contributed by atoms with E-state index in [1.807, 2.05) is 19.9 Å². The highest BCUT2D eigenvalue weighted by atomic mass is 32.2. The van der Waals surface area contributed by atoms with Gasteiger partial charge in [0.05, 0.1) is 10.6 Å². The van der Waals surface area contributed by atoms with Gasteiger partial charge >= 0.3 is 0 Å². The van der Waals surface area contributed by atoms with Crippen LogP contribution >= 0.6 is 11.3 Å². The topological polar surface area (TPSA) is 88.2 Å². The van der Waals surface area contributed by atoms with Crippen molar-refractivity contribution in [3.63, 3.8) is 0 Å². The lowest BCUT2D eigenvalue weighted by atomic mass is 10.2. The Kier molecular flexibility index (Phi) is 5.06. The molecular weight excluding hydrogens is 334 g/mol. The van der Waals surface area contributed by atoms with E-state index in [1.54, 1.807) is 26.0 Å². The zero-order chi connectivity index (χ0) is 17.2. The summed E-state index contributed by atoms with van der Waals surface area (Å²) in [5, 5.41) is 2.86. The minimum atomic E-state index is -3.74. The molecule has 1 amide bonds. The molecule has 0 aliphatic heterocycles. The minimum absolute atomic E-state index is 0.184. The predicted octanol–water partition coefficient (Wildman–Crippen LogP) is 2.62. The Morgan fingerprint density at radius 2 is 1.96 bits per heavy atom. The molecule has 0 bridgehead atoms. The van der Waals surface area contributed by atoms with Gasteiger partial charge in [-0.1, -0.05) is 29.0 Å². The number of carbonyl (C=O) groups is 1. The Morgan fingerprint density at radius 1 is 1.26 bits per heavy atom. The summed E-state index contributed by atoms with van der Waals surface area (Å²) < 4.78 is 27.5. The number of anilines is 1. The summed E-state index contributed by atoms with van der Waals surface area (Å²) in [5.41, 5.74) is 2.15. The van der Waals surface area contributed by atoms with Gasteiger partial charge in [0.1, 0.15) is 4.88 Å². The molecule has 8 heteroatoms. The van der Waals surface area contributed by atoms with Gasteiger partial charge in [-0.05, 0) is 39.3 Å². The molecule has 0 atom stereocenters. The quantitative estimate of drug-likeness (QED) is 0.865. The van der Waals surface area contributed by atoms with Crippen LogP contribution in [0.25, 0.3) is 0 Å². The van der Waals surface area contributed by atoms with Gasteiger partial charge in [-0.25, -0.2) is 13.4 Å². The highest BCUT2D eigenvalue weighted by molar-refractivity contribution is 7.93. The molecule has 2 rings (SSSR count). The predicted molar refractivity (Wildman–Crippen MR) is 91.6 cm³/mol. The molecule has 23 heavy (non-hydrogen) atoms. The van der Waals surface area contributed by atoms with Gasteiger partial charge in [0.2, 0.25) is 0 Å². The lowest BCUT2D eigenvalue weighted by Crippen LogP contribution is -2.22. The number of carbonyl (C=O) groups excluding carboxylic acids is 1. The fourth-order valence-electron chi connectivity index (χ4n) is 2.16. The van der Waals surface area contributed by atoms with Crippen LogP contribution in [-0.2, 0) is 10.0 Å². The van der Waals surface area contributed by atoms with Gasteiger partial charge in [0, 0.05) is 6.54 Å². The average Bonchev–Trinajstić information content (AvgIpc) is 2.78. The van der Waals surface area contributed by atoms with Crippen LogP contribution in [-0.4, -0.2) is 25.9 Å². The fraction of sp³-hybridized carbons (Fsp3) is 0.333. The van der Waals surface area contributed by atoms with Crippen LogP contribution in [0.15, 0.2) is 23.1 Å². The van der Waals surface area contributed by atoms with Crippen molar-refractivity contribution >= 4 is 32.4 Å². The third kappa shape index (κ3) is 3.89. The highest BCUT2D eigenvalue weighted by Gasteiger charge is 2.21. The zero-order valence-corrected chi connectivity index (χ0v) is 15.1. The first kappa shape index (κ1) is 17.4. The number of amides is 1. The van der Waals surface area contributed by atoms with E-state index in [0.717, 1.165) is 16.9 Å². The number of aryl methyl sites for hydroxylation is 3. The summed E-state index contributed by atoms with van der Waals surface area (Å²) in [6, 6.07) is 5.12. The lowest BCUT2D eigenvalue weighted by molar-refractivity contribution is 0.0959. The maximum atomic E-state index is 12.5. The van der Waals surface area contributed by atoms with Gasteiger partial charge in [0.15, 0.2) is 5.13 Å². The summed E-state index contributed by atoms with van der Waals surface area (Å²) in [6.45, 7) is 7.64. The smallest absolute Gasteiger partial charge is 0.263 e. The SMILES string of the molecule is CCNC(=O)c1sc(NS(=O)(=O)c2ccc(C)cc2C)nc1C. The first-order chi connectivity index (χ1) is 10.7. The summed E-state index contributed by atoms with van der Waals surface area (Å²) in [6.07, 6.45) is 0. The molecule has 1 heterocycles. The van der Waals surface area contributed by atoms with Crippen LogP contribution in [0, 0.1) is 20.8 Å². The Balaban J connectivity index is 2.31. The molecule has 1 aromatic heterocycles. The molecule has 0 radical (unpaired) electrons. The number of hydrogen-bond acceptors (Lipinski definition) is 5. The van der Waals surface area contributed by atoms with E-state index < -0.39 is 10.0 Å². The van der Waals surface area contributed by atoms with Gasteiger partial charge in [-0.15, -0.1) is 0 Å². The van der Waals surface area contributed by atoms with Crippen molar-refractivity contribution in [3.05, 3.63) is 39.9 Å². The maximum Gasteiger partial charge on any atom is 0.263 e. The number of benzene rings is 1. The Bertz CT molecular complexity index is 842. The Labute approximate surface area is 140 Å². The van der Waals surface area contributed by atoms with Crippen molar-refractivity contribution in [2.24, 2.45) is 0 Å². The molecule has 0 spiro atoms. The second kappa shape index (κ2) is 6.67. The largest absolute Gasteiger partial charge is 0.352 e. The van der Waals surface area contributed by atoms with Crippen molar-refractivity contribution in [2.45, 2.75) is 32.6 Å². The number of thiazole rings is 1. The van der Waals surface area contributed by atoms with Crippen molar-refractivity contribution in [1.29, 1.82) is 0 Å². The molecule has 0 unspecified atom stereocenters. The molecule has 124 valence electrons. The summed E-state index contributed by atoms with van der Waals surface area (Å²) in [7, 11) is -3.74. The molecular formula is C15H19N3O3S2. The molecule has 0 saturated heterocycles. The molecule has 0 fully saturated rings. The Hall–Kier alpha value is -1.93. The zero-order valence-electron chi connectivity index (χ0n) is 13.4. The number of aromatic nitrogens is 1.